The molecule has 0 unspecified atom stereocenters. The molecule has 1 aliphatic rings. The third-order valence-electron chi connectivity index (χ3n) is 3.96. The van der Waals surface area contributed by atoms with Crippen LogP contribution in [0.2, 0.25) is 10.0 Å². The van der Waals surface area contributed by atoms with Gasteiger partial charge in [-0.05, 0) is 29.7 Å². The van der Waals surface area contributed by atoms with Crippen LogP contribution in [0.4, 0.5) is 0 Å². The summed E-state index contributed by atoms with van der Waals surface area (Å²) in [6.07, 6.45) is 0.902. The van der Waals surface area contributed by atoms with E-state index in [-0.39, 0.29) is 17.7 Å². The number of carbonyl (C=O) groups excluding carboxylic acids is 1. The van der Waals surface area contributed by atoms with Crippen LogP contribution < -0.4 is 5.32 Å². The minimum absolute atomic E-state index is 0.0272. The van der Waals surface area contributed by atoms with Gasteiger partial charge in [-0.15, -0.1) is 0 Å². The molecule has 0 aromatic heterocycles. The summed E-state index contributed by atoms with van der Waals surface area (Å²) >= 11 is 12.3. The summed E-state index contributed by atoms with van der Waals surface area (Å²) < 4.78 is 0. The number of hydrogen-bond donors (Lipinski definition) is 1. The lowest BCUT2D eigenvalue weighted by Gasteiger charge is -2.32. The van der Waals surface area contributed by atoms with Crippen molar-refractivity contribution in [3.05, 3.63) is 69.7 Å². The fourth-order valence-electron chi connectivity index (χ4n) is 2.98. The lowest BCUT2D eigenvalue weighted by atomic mass is 9.77. The molecule has 3 rings (SSSR count). The van der Waals surface area contributed by atoms with Crippen molar-refractivity contribution in [2.45, 2.75) is 18.3 Å². The molecule has 0 saturated carbocycles. The molecule has 2 aromatic rings. The molecular formula is C17H15Cl2NO. The van der Waals surface area contributed by atoms with E-state index in [1.165, 1.54) is 5.56 Å². The zero-order valence-corrected chi connectivity index (χ0v) is 12.9. The van der Waals surface area contributed by atoms with Gasteiger partial charge in [0.25, 0.3) is 0 Å². The fourth-order valence-corrected chi connectivity index (χ4v) is 3.51. The smallest absolute Gasteiger partial charge is 0.228 e. The number of carbonyl (C=O) groups is 1. The molecule has 0 spiro atoms. The minimum Gasteiger partial charge on any atom is -0.356 e. The molecule has 1 aliphatic heterocycles. The summed E-state index contributed by atoms with van der Waals surface area (Å²) in [4.78, 5) is 12.4. The molecule has 1 saturated heterocycles. The highest BCUT2D eigenvalue weighted by atomic mass is 35.5. The molecule has 1 amide bonds. The first-order valence-electron chi connectivity index (χ1n) is 6.94. The van der Waals surface area contributed by atoms with E-state index in [4.69, 9.17) is 23.2 Å². The van der Waals surface area contributed by atoms with Crippen molar-refractivity contribution in [3.63, 3.8) is 0 Å². The Morgan fingerprint density at radius 2 is 1.81 bits per heavy atom. The highest BCUT2D eigenvalue weighted by Crippen LogP contribution is 2.41. The second-order valence-electron chi connectivity index (χ2n) is 5.24. The maximum atomic E-state index is 12.4. The second-order valence-corrected chi connectivity index (χ2v) is 6.08. The maximum absolute atomic E-state index is 12.4. The zero-order chi connectivity index (χ0) is 14.8. The number of hydrogen-bond acceptors (Lipinski definition) is 1. The molecule has 0 aliphatic carbocycles. The number of benzene rings is 2. The minimum atomic E-state index is -0.272. The third-order valence-corrected chi connectivity index (χ3v) is 4.53. The van der Waals surface area contributed by atoms with Crippen molar-refractivity contribution in [1.29, 1.82) is 0 Å². The van der Waals surface area contributed by atoms with Crippen molar-refractivity contribution in [2.75, 3.05) is 6.54 Å². The number of piperidine rings is 1. The molecule has 4 heteroatoms. The van der Waals surface area contributed by atoms with E-state index in [2.05, 4.69) is 17.4 Å². The summed E-state index contributed by atoms with van der Waals surface area (Å²) in [5.41, 5.74) is 2.01. The summed E-state index contributed by atoms with van der Waals surface area (Å²) in [6.45, 7) is 0.695. The highest BCUT2D eigenvalue weighted by molar-refractivity contribution is 6.35. The average molecular weight is 320 g/mol. The van der Waals surface area contributed by atoms with Gasteiger partial charge in [-0.3, -0.25) is 4.79 Å². The molecule has 1 heterocycles. The van der Waals surface area contributed by atoms with Crippen LogP contribution in [0.25, 0.3) is 0 Å². The van der Waals surface area contributed by atoms with E-state index in [9.17, 15) is 4.79 Å². The van der Waals surface area contributed by atoms with Gasteiger partial charge >= 0.3 is 0 Å². The number of amides is 1. The predicted molar refractivity (Wildman–Crippen MR) is 86.0 cm³/mol. The van der Waals surface area contributed by atoms with Crippen LogP contribution in [0, 0.1) is 0 Å². The quantitative estimate of drug-likeness (QED) is 0.874. The van der Waals surface area contributed by atoms with Gasteiger partial charge in [-0.1, -0.05) is 59.6 Å². The Labute approximate surface area is 134 Å². The van der Waals surface area contributed by atoms with Crippen molar-refractivity contribution >= 4 is 29.1 Å². The fraction of sp³-hybridized carbons (Fsp3) is 0.235. The van der Waals surface area contributed by atoms with Crippen LogP contribution in [0.5, 0.6) is 0 Å². The Morgan fingerprint density at radius 3 is 2.52 bits per heavy atom. The first-order valence-corrected chi connectivity index (χ1v) is 7.70. The summed E-state index contributed by atoms with van der Waals surface area (Å²) in [6, 6.07) is 15.5. The first-order chi connectivity index (χ1) is 10.2. The molecule has 1 fully saturated rings. The third kappa shape index (κ3) is 2.92. The average Bonchev–Trinajstić information content (AvgIpc) is 2.49. The van der Waals surface area contributed by atoms with E-state index < -0.39 is 0 Å². The summed E-state index contributed by atoms with van der Waals surface area (Å²) in [7, 11) is 0. The zero-order valence-electron chi connectivity index (χ0n) is 11.4. The van der Waals surface area contributed by atoms with Gasteiger partial charge in [-0.25, -0.2) is 0 Å². The maximum Gasteiger partial charge on any atom is 0.228 e. The normalized spacial score (nSPS) is 21.9. The first kappa shape index (κ1) is 14.4. The van der Waals surface area contributed by atoms with Gasteiger partial charge < -0.3 is 5.32 Å². The summed E-state index contributed by atoms with van der Waals surface area (Å²) in [5, 5.41) is 4.07. The molecule has 1 N–H and O–H groups in total. The second kappa shape index (κ2) is 6.08. The molecule has 0 bridgehead atoms. The molecule has 0 radical (unpaired) electrons. The Hall–Kier alpha value is -1.51. The Kier molecular flexibility index (Phi) is 4.18. The van der Waals surface area contributed by atoms with E-state index in [1.54, 1.807) is 12.1 Å². The monoisotopic (exact) mass is 319 g/mol. The largest absolute Gasteiger partial charge is 0.356 e. The van der Waals surface area contributed by atoms with Crippen molar-refractivity contribution in [1.82, 2.24) is 5.32 Å². The van der Waals surface area contributed by atoms with E-state index in [0.29, 0.717) is 16.6 Å². The van der Waals surface area contributed by atoms with Gasteiger partial charge in [0.1, 0.15) is 0 Å². The molecular weight excluding hydrogens is 305 g/mol. The van der Waals surface area contributed by atoms with Crippen molar-refractivity contribution < 1.29 is 4.79 Å². The van der Waals surface area contributed by atoms with Gasteiger partial charge in [0.2, 0.25) is 5.91 Å². The van der Waals surface area contributed by atoms with E-state index in [0.717, 1.165) is 12.0 Å². The van der Waals surface area contributed by atoms with Gasteiger partial charge in [0.15, 0.2) is 0 Å². The van der Waals surface area contributed by atoms with Crippen molar-refractivity contribution in [3.8, 4) is 0 Å². The number of nitrogens with one attached hydrogen (secondary N) is 1. The lowest BCUT2D eigenvalue weighted by Crippen LogP contribution is -2.39. The number of halogens is 2. The predicted octanol–water partition coefficient (Wildman–Crippen LogP) is 4.38. The SMILES string of the molecule is O=C1NCC[C@@H](c2ccccc2)[C@@H]1c1ccc(Cl)cc1Cl. The van der Waals surface area contributed by atoms with Crippen LogP contribution in [-0.2, 0) is 4.79 Å². The molecule has 2 aromatic carbocycles. The van der Waals surface area contributed by atoms with E-state index in [1.807, 2.05) is 24.3 Å². The Morgan fingerprint density at radius 1 is 1.05 bits per heavy atom. The van der Waals surface area contributed by atoms with Crippen molar-refractivity contribution in [2.24, 2.45) is 0 Å². The molecule has 108 valence electrons. The van der Waals surface area contributed by atoms with Gasteiger partial charge in [0, 0.05) is 22.5 Å². The van der Waals surface area contributed by atoms with Crippen LogP contribution in [0.15, 0.2) is 48.5 Å². The Bertz CT molecular complexity index is 657. The number of rotatable bonds is 2. The lowest BCUT2D eigenvalue weighted by molar-refractivity contribution is -0.124. The Balaban J connectivity index is 2.04. The van der Waals surface area contributed by atoms with E-state index >= 15 is 0 Å². The van der Waals surface area contributed by atoms with Crippen LogP contribution >= 0.6 is 23.2 Å². The topological polar surface area (TPSA) is 29.1 Å². The van der Waals surface area contributed by atoms with Gasteiger partial charge in [-0.2, -0.15) is 0 Å². The van der Waals surface area contributed by atoms with Crippen LogP contribution in [0.3, 0.4) is 0 Å². The summed E-state index contributed by atoms with van der Waals surface area (Å²) in [5.74, 6) is -0.108. The van der Waals surface area contributed by atoms with Crippen LogP contribution in [-0.4, -0.2) is 12.5 Å². The highest BCUT2D eigenvalue weighted by Gasteiger charge is 2.35. The molecule has 2 atom stereocenters. The standard InChI is InChI=1S/C17H15Cl2NO/c18-12-6-7-14(15(19)10-12)16-13(8-9-20-17(16)21)11-4-2-1-3-5-11/h1-7,10,13,16H,8-9H2,(H,20,21)/t13-,16+/m0/s1. The van der Waals surface area contributed by atoms with Crippen LogP contribution in [0.1, 0.15) is 29.4 Å². The molecule has 2 nitrogen and oxygen atoms in total. The van der Waals surface area contributed by atoms with Gasteiger partial charge in [0.05, 0.1) is 5.92 Å². The molecule has 21 heavy (non-hydrogen) atoms.